The van der Waals surface area contributed by atoms with E-state index in [1.165, 1.54) is 18.6 Å². The van der Waals surface area contributed by atoms with Gasteiger partial charge in [0.25, 0.3) is 0 Å². The van der Waals surface area contributed by atoms with Crippen molar-refractivity contribution < 1.29 is 17.6 Å². The highest BCUT2D eigenvalue weighted by molar-refractivity contribution is 6.30. The summed E-state index contributed by atoms with van der Waals surface area (Å²) in [6.07, 6.45) is -0.253. The van der Waals surface area contributed by atoms with Crippen LogP contribution in [0, 0.1) is 5.82 Å². The minimum atomic E-state index is -4.74. The summed E-state index contributed by atoms with van der Waals surface area (Å²) in [6.45, 7) is 4.00. The number of nitrogens with zero attached hydrogens (tertiary/aromatic N) is 3. The highest BCUT2D eigenvalue weighted by atomic mass is 35.5. The molecule has 2 heterocycles. The molecule has 9 heteroatoms. The molecule has 0 aliphatic rings. The highest BCUT2D eigenvalue weighted by Gasteiger charge is 2.40. The van der Waals surface area contributed by atoms with Crippen LogP contribution >= 0.6 is 11.6 Å². The predicted octanol–water partition coefficient (Wildman–Crippen LogP) is 7.31. The first kappa shape index (κ1) is 26.1. The van der Waals surface area contributed by atoms with E-state index in [4.69, 9.17) is 11.6 Å². The number of benzene rings is 2. The maximum atomic E-state index is 14.5. The Hall–Kier alpha value is -3.52. The maximum absolute atomic E-state index is 14.5. The van der Waals surface area contributed by atoms with Crippen molar-refractivity contribution in [2.24, 2.45) is 0 Å². The SMILES string of the molecule is CC.Fc1cc(C(F)(F)F)cc(C(Cc2ccccc2)(Nc2ncccn2)c2ccc(Cl)cn2)c1. The molecular weight excluding hydrogens is 480 g/mol. The third-order valence-electron chi connectivity index (χ3n) is 5.09. The van der Waals surface area contributed by atoms with Gasteiger partial charge in [0.15, 0.2) is 0 Å². The van der Waals surface area contributed by atoms with Gasteiger partial charge in [-0.15, -0.1) is 0 Å². The second kappa shape index (κ2) is 11.3. The fraction of sp³-hybridized carbons (Fsp3) is 0.192. The Labute approximate surface area is 206 Å². The Balaban J connectivity index is 0.00000167. The van der Waals surface area contributed by atoms with Gasteiger partial charge in [-0.3, -0.25) is 4.98 Å². The molecule has 0 saturated carbocycles. The van der Waals surface area contributed by atoms with Crippen LogP contribution in [0.3, 0.4) is 0 Å². The van der Waals surface area contributed by atoms with Crippen LogP contribution in [0.4, 0.5) is 23.5 Å². The molecule has 35 heavy (non-hydrogen) atoms. The summed E-state index contributed by atoms with van der Waals surface area (Å²) < 4.78 is 55.3. The zero-order valence-corrected chi connectivity index (χ0v) is 19.8. The van der Waals surface area contributed by atoms with E-state index in [-0.39, 0.29) is 17.9 Å². The maximum Gasteiger partial charge on any atom is 0.416 e. The minimum absolute atomic E-state index is 0.0148. The molecule has 0 aliphatic carbocycles. The number of rotatable bonds is 6. The average molecular weight is 503 g/mol. The van der Waals surface area contributed by atoms with Crippen molar-refractivity contribution in [1.29, 1.82) is 0 Å². The van der Waals surface area contributed by atoms with Crippen LogP contribution in [0.15, 0.2) is 85.3 Å². The summed E-state index contributed by atoms with van der Waals surface area (Å²) in [5, 5.41) is 3.48. The monoisotopic (exact) mass is 502 g/mol. The first-order valence-electron chi connectivity index (χ1n) is 10.9. The second-order valence-electron chi connectivity index (χ2n) is 7.35. The Morgan fingerprint density at radius 2 is 1.49 bits per heavy atom. The number of nitrogens with one attached hydrogen (secondary N) is 1. The molecule has 2 aromatic heterocycles. The van der Waals surface area contributed by atoms with Gasteiger partial charge in [0.05, 0.1) is 16.3 Å². The zero-order valence-electron chi connectivity index (χ0n) is 19.0. The Kier molecular flexibility index (Phi) is 8.40. The first-order valence-corrected chi connectivity index (χ1v) is 11.2. The fourth-order valence-electron chi connectivity index (χ4n) is 3.61. The Bertz CT molecular complexity index is 1180. The lowest BCUT2D eigenvalue weighted by molar-refractivity contribution is -0.137. The van der Waals surface area contributed by atoms with E-state index in [0.717, 1.165) is 17.7 Å². The summed E-state index contributed by atoms with van der Waals surface area (Å²) >= 11 is 6.02. The fourth-order valence-corrected chi connectivity index (χ4v) is 3.72. The predicted molar refractivity (Wildman–Crippen MR) is 129 cm³/mol. The first-order chi connectivity index (χ1) is 16.8. The number of anilines is 1. The number of aromatic nitrogens is 3. The lowest BCUT2D eigenvalue weighted by atomic mass is 9.80. The number of hydrogen-bond acceptors (Lipinski definition) is 4. The average Bonchev–Trinajstić information content (AvgIpc) is 2.86. The molecule has 1 N–H and O–H groups in total. The van der Waals surface area contributed by atoms with E-state index in [9.17, 15) is 17.6 Å². The van der Waals surface area contributed by atoms with E-state index in [1.54, 1.807) is 30.3 Å². The second-order valence-corrected chi connectivity index (χ2v) is 7.79. The van der Waals surface area contributed by atoms with Crippen LogP contribution in [0.1, 0.15) is 36.2 Å². The summed E-state index contributed by atoms with van der Waals surface area (Å²) in [5.74, 6) is -0.884. The van der Waals surface area contributed by atoms with E-state index in [0.29, 0.717) is 16.8 Å². The number of halogens is 5. The van der Waals surface area contributed by atoms with Crippen molar-refractivity contribution in [1.82, 2.24) is 15.0 Å². The van der Waals surface area contributed by atoms with Crippen LogP contribution in [-0.2, 0) is 18.1 Å². The molecule has 4 nitrogen and oxygen atoms in total. The molecule has 0 amide bonds. The summed E-state index contributed by atoms with van der Waals surface area (Å²) in [6, 6.07) is 16.3. The molecule has 2 aromatic carbocycles. The quantitative estimate of drug-likeness (QED) is 0.281. The van der Waals surface area contributed by atoms with E-state index in [1.807, 2.05) is 32.0 Å². The molecule has 1 unspecified atom stereocenters. The standard InChI is InChI=1S/C24H17ClF4N4.C2H6/c25-19-7-8-21(32-15-19)23(14-16-5-2-1-3-6-16,33-22-30-9-4-10-31-22)17-11-18(24(27,28)29)13-20(26)12-17;1-2/h1-13,15H,14H2,(H,30,31,33);1-2H3. The van der Waals surface area contributed by atoms with Crippen molar-refractivity contribution in [2.45, 2.75) is 32.0 Å². The topological polar surface area (TPSA) is 50.7 Å². The third-order valence-corrected chi connectivity index (χ3v) is 5.31. The lowest BCUT2D eigenvalue weighted by Gasteiger charge is -2.36. The Morgan fingerprint density at radius 1 is 0.829 bits per heavy atom. The molecule has 0 bridgehead atoms. The minimum Gasteiger partial charge on any atom is -0.339 e. The number of pyridine rings is 1. The van der Waals surface area contributed by atoms with Crippen LogP contribution in [0.25, 0.3) is 0 Å². The van der Waals surface area contributed by atoms with E-state index in [2.05, 4.69) is 20.3 Å². The van der Waals surface area contributed by atoms with E-state index >= 15 is 0 Å². The molecular formula is C26H23ClF4N4. The van der Waals surface area contributed by atoms with Gasteiger partial charge in [0, 0.05) is 25.0 Å². The largest absolute Gasteiger partial charge is 0.416 e. The molecule has 4 rings (SSSR count). The van der Waals surface area contributed by atoms with Gasteiger partial charge in [-0.25, -0.2) is 14.4 Å². The van der Waals surface area contributed by atoms with Crippen molar-refractivity contribution >= 4 is 17.5 Å². The van der Waals surface area contributed by atoms with Crippen LogP contribution in [-0.4, -0.2) is 15.0 Å². The molecule has 1 atom stereocenters. The van der Waals surface area contributed by atoms with Crippen LogP contribution in [0.5, 0.6) is 0 Å². The Morgan fingerprint density at radius 3 is 2.09 bits per heavy atom. The molecule has 0 spiro atoms. The zero-order chi connectivity index (χ0) is 25.5. The van der Waals surface area contributed by atoms with Gasteiger partial charge in [-0.05, 0) is 47.5 Å². The van der Waals surface area contributed by atoms with E-state index < -0.39 is 23.1 Å². The highest BCUT2D eigenvalue weighted by Crippen LogP contribution is 2.39. The summed E-state index contributed by atoms with van der Waals surface area (Å²) in [7, 11) is 0. The van der Waals surface area contributed by atoms with Crippen molar-refractivity contribution in [3.8, 4) is 0 Å². The summed E-state index contributed by atoms with van der Waals surface area (Å²) in [4.78, 5) is 12.7. The molecule has 182 valence electrons. The van der Waals surface area contributed by atoms with Crippen molar-refractivity contribution in [2.75, 3.05) is 5.32 Å². The lowest BCUT2D eigenvalue weighted by Crippen LogP contribution is -2.41. The molecule has 0 fully saturated rings. The molecule has 0 saturated heterocycles. The van der Waals surface area contributed by atoms with Gasteiger partial charge < -0.3 is 5.32 Å². The van der Waals surface area contributed by atoms with Gasteiger partial charge in [0.1, 0.15) is 11.4 Å². The van der Waals surface area contributed by atoms with Gasteiger partial charge in [0.2, 0.25) is 5.95 Å². The molecule has 0 radical (unpaired) electrons. The van der Waals surface area contributed by atoms with Crippen LogP contribution in [0.2, 0.25) is 5.02 Å². The summed E-state index contributed by atoms with van der Waals surface area (Å²) in [5.41, 5.74) is -1.45. The van der Waals surface area contributed by atoms with Crippen molar-refractivity contribution in [3.05, 3.63) is 119 Å². The van der Waals surface area contributed by atoms with Gasteiger partial charge >= 0.3 is 6.18 Å². The van der Waals surface area contributed by atoms with Gasteiger partial charge in [-0.2, -0.15) is 13.2 Å². The van der Waals surface area contributed by atoms with Crippen LogP contribution < -0.4 is 5.32 Å². The van der Waals surface area contributed by atoms with Crippen molar-refractivity contribution in [3.63, 3.8) is 0 Å². The number of hydrogen-bond donors (Lipinski definition) is 1. The third kappa shape index (κ3) is 6.33. The van der Waals surface area contributed by atoms with Gasteiger partial charge in [-0.1, -0.05) is 55.8 Å². The normalized spacial score (nSPS) is 12.8. The smallest absolute Gasteiger partial charge is 0.339 e. The number of alkyl halides is 3. The molecule has 4 aromatic rings. The molecule has 0 aliphatic heterocycles.